The molecule has 0 saturated carbocycles. The molecule has 0 heterocycles. The van der Waals surface area contributed by atoms with Crippen molar-refractivity contribution in [3.63, 3.8) is 0 Å². The Labute approximate surface area is 112 Å². The SMILES string of the molecule is COC(=O)C1C=C(SCc2ccccc2)CCC1. The fraction of sp³-hybridized carbons (Fsp3) is 0.400. The van der Waals surface area contributed by atoms with Crippen LogP contribution in [0.3, 0.4) is 0 Å². The fourth-order valence-electron chi connectivity index (χ4n) is 2.10. The van der Waals surface area contributed by atoms with Gasteiger partial charge in [-0.05, 0) is 29.7 Å². The third-order valence-corrected chi connectivity index (χ3v) is 4.29. The lowest BCUT2D eigenvalue weighted by molar-refractivity contribution is -0.144. The minimum absolute atomic E-state index is 0.0398. The first-order valence-electron chi connectivity index (χ1n) is 6.25. The minimum atomic E-state index is -0.104. The number of hydrogen-bond acceptors (Lipinski definition) is 3. The lowest BCUT2D eigenvalue weighted by Gasteiger charge is -2.18. The number of carbonyl (C=O) groups is 1. The van der Waals surface area contributed by atoms with Gasteiger partial charge in [0, 0.05) is 5.75 Å². The van der Waals surface area contributed by atoms with Crippen LogP contribution >= 0.6 is 11.8 Å². The van der Waals surface area contributed by atoms with E-state index in [1.54, 1.807) is 0 Å². The molecule has 0 radical (unpaired) electrons. The van der Waals surface area contributed by atoms with Crippen molar-refractivity contribution in [2.45, 2.75) is 25.0 Å². The molecule has 3 heteroatoms. The average molecular weight is 262 g/mol. The van der Waals surface area contributed by atoms with Crippen LogP contribution in [0.1, 0.15) is 24.8 Å². The maximum absolute atomic E-state index is 11.5. The minimum Gasteiger partial charge on any atom is -0.469 e. The van der Waals surface area contributed by atoms with Crippen LogP contribution in [0.25, 0.3) is 0 Å². The molecule has 18 heavy (non-hydrogen) atoms. The highest BCUT2D eigenvalue weighted by atomic mass is 32.2. The number of carbonyl (C=O) groups excluding carboxylic acids is 1. The highest BCUT2D eigenvalue weighted by molar-refractivity contribution is 8.02. The maximum Gasteiger partial charge on any atom is 0.312 e. The van der Waals surface area contributed by atoms with Gasteiger partial charge in [0.25, 0.3) is 0 Å². The summed E-state index contributed by atoms with van der Waals surface area (Å²) in [5, 5.41) is 0. The molecule has 0 saturated heterocycles. The summed E-state index contributed by atoms with van der Waals surface area (Å²) in [4.78, 5) is 12.8. The number of thioether (sulfide) groups is 1. The number of esters is 1. The molecular weight excluding hydrogens is 244 g/mol. The van der Waals surface area contributed by atoms with Crippen molar-refractivity contribution in [2.24, 2.45) is 5.92 Å². The van der Waals surface area contributed by atoms with Gasteiger partial charge in [-0.2, -0.15) is 0 Å². The summed E-state index contributed by atoms with van der Waals surface area (Å²) >= 11 is 1.84. The van der Waals surface area contributed by atoms with Crippen molar-refractivity contribution in [3.05, 3.63) is 46.9 Å². The number of hydrogen-bond donors (Lipinski definition) is 0. The molecule has 96 valence electrons. The molecule has 1 aromatic carbocycles. The predicted octanol–water partition coefficient (Wildman–Crippen LogP) is 3.78. The summed E-state index contributed by atoms with van der Waals surface area (Å²) in [5.41, 5.74) is 1.32. The molecule has 0 fully saturated rings. The van der Waals surface area contributed by atoms with Crippen LogP contribution in [0.15, 0.2) is 41.3 Å². The molecule has 1 aliphatic carbocycles. The summed E-state index contributed by atoms with van der Waals surface area (Å²) in [6.07, 6.45) is 5.17. The second-order valence-electron chi connectivity index (χ2n) is 4.43. The normalized spacial score (nSPS) is 19.2. The van der Waals surface area contributed by atoms with Crippen LogP contribution < -0.4 is 0 Å². The zero-order valence-corrected chi connectivity index (χ0v) is 11.4. The van der Waals surface area contributed by atoms with Crippen molar-refractivity contribution in [1.82, 2.24) is 0 Å². The average Bonchev–Trinajstić information content (AvgIpc) is 2.45. The summed E-state index contributed by atoms with van der Waals surface area (Å²) in [5.74, 6) is 0.829. The third kappa shape index (κ3) is 3.64. The Morgan fingerprint density at radius 1 is 1.39 bits per heavy atom. The molecule has 0 aliphatic heterocycles. The molecule has 1 aliphatic rings. The molecule has 1 unspecified atom stereocenters. The van der Waals surface area contributed by atoms with Crippen molar-refractivity contribution >= 4 is 17.7 Å². The van der Waals surface area contributed by atoms with Gasteiger partial charge in [0.15, 0.2) is 0 Å². The van der Waals surface area contributed by atoms with E-state index in [1.807, 2.05) is 17.8 Å². The van der Waals surface area contributed by atoms with E-state index < -0.39 is 0 Å². The fourth-order valence-corrected chi connectivity index (χ4v) is 3.19. The van der Waals surface area contributed by atoms with E-state index in [0.29, 0.717) is 0 Å². The van der Waals surface area contributed by atoms with E-state index >= 15 is 0 Å². The van der Waals surface area contributed by atoms with Crippen LogP contribution in [0, 0.1) is 5.92 Å². The Morgan fingerprint density at radius 2 is 2.17 bits per heavy atom. The molecular formula is C15H18O2S. The van der Waals surface area contributed by atoms with Crippen molar-refractivity contribution in [3.8, 4) is 0 Å². The first-order chi connectivity index (χ1) is 8.79. The highest BCUT2D eigenvalue weighted by Gasteiger charge is 2.21. The van der Waals surface area contributed by atoms with Gasteiger partial charge >= 0.3 is 5.97 Å². The van der Waals surface area contributed by atoms with Gasteiger partial charge < -0.3 is 4.74 Å². The molecule has 0 bridgehead atoms. The molecule has 1 atom stereocenters. The molecule has 0 spiro atoms. The number of benzene rings is 1. The zero-order valence-electron chi connectivity index (χ0n) is 10.6. The topological polar surface area (TPSA) is 26.3 Å². The molecule has 0 amide bonds. The maximum atomic E-state index is 11.5. The van der Waals surface area contributed by atoms with Crippen LogP contribution in [-0.4, -0.2) is 13.1 Å². The van der Waals surface area contributed by atoms with E-state index in [-0.39, 0.29) is 11.9 Å². The zero-order chi connectivity index (χ0) is 12.8. The molecule has 0 aromatic heterocycles. The van der Waals surface area contributed by atoms with Gasteiger partial charge in [0.2, 0.25) is 0 Å². The lowest BCUT2D eigenvalue weighted by Crippen LogP contribution is -2.16. The van der Waals surface area contributed by atoms with Gasteiger partial charge in [-0.1, -0.05) is 36.4 Å². The first kappa shape index (κ1) is 13.2. The van der Waals surface area contributed by atoms with E-state index in [9.17, 15) is 4.79 Å². The van der Waals surface area contributed by atoms with Crippen LogP contribution in [0.5, 0.6) is 0 Å². The molecule has 2 rings (SSSR count). The van der Waals surface area contributed by atoms with Gasteiger partial charge in [0.1, 0.15) is 0 Å². The number of ether oxygens (including phenoxy) is 1. The first-order valence-corrected chi connectivity index (χ1v) is 7.23. The molecule has 2 nitrogen and oxygen atoms in total. The van der Waals surface area contributed by atoms with Crippen LogP contribution in [0.4, 0.5) is 0 Å². The monoisotopic (exact) mass is 262 g/mol. The number of methoxy groups -OCH3 is 1. The molecule has 0 N–H and O–H groups in total. The van der Waals surface area contributed by atoms with Crippen molar-refractivity contribution < 1.29 is 9.53 Å². The van der Waals surface area contributed by atoms with Gasteiger partial charge in [-0.25, -0.2) is 0 Å². The predicted molar refractivity (Wildman–Crippen MR) is 75.2 cm³/mol. The van der Waals surface area contributed by atoms with E-state index in [1.165, 1.54) is 17.6 Å². The summed E-state index contributed by atoms with van der Waals surface area (Å²) < 4.78 is 4.81. The van der Waals surface area contributed by atoms with Crippen LogP contribution in [0.2, 0.25) is 0 Å². The Balaban J connectivity index is 1.92. The quantitative estimate of drug-likeness (QED) is 0.772. The Bertz CT molecular complexity index is 425. The smallest absolute Gasteiger partial charge is 0.312 e. The summed E-state index contributed by atoms with van der Waals surface area (Å²) in [6.45, 7) is 0. The van der Waals surface area contributed by atoms with Crippen molar-refractivity contribution in [2.75, 3.05) is 7.11 Å². The van der Waals surface area contributed by atoms with Gasteiger partial charge in [-0.15, -0.1) is 11.8 Å². The Hall–Kier alpha value is -1.22. The van der Waals surface area contributed by atoms with Crippen molar-refractivity contribution in [1.29, 1.82) is 0 Å². The Kier molecular flexibility index (Phi) is 4.88. The van der Waals surface area contributed by atoms with E-state index in [0.717, 1.165) is 25.0 Å². The standard InChI is InChI=1S/C15H18O2S/c1-17-15(16)13-8-5-9-14(10-13)18-11-12-6-3-2-4-7-12/h2-4,6-7,10,13H,5,8-9,11H2,1H3. The number of allylic oxidation sites excluding steroid dienone is 1. The Morgan fingerprint density at radius 3 is 2.89 bits per heavy atom. The second kappa shape index (κ2) is 6.64. The molecule has 1 aromatic rings. The highest BCUT2D eigenvalue weighted by Crippen LogP contribution is 2.32. The third-order valence-electron chi connectivity index (χ3n) is 3.10. The van der Waals surface area contributed by atoms with Crippen LogP contribution in [-0.2, 0) is 15.3 Å². The second-order valence-corrected chi connectivity index (χ2v) is 5.53. The van der Waals surface area contributed by atoms with Gasteiger partial charge in [-0.3, -0.25) is 4.79 Å². The van der Waals surface area contributed by atoms with E-state index in [2.05, 4.69) is 30.3 Å². The van der Waals surface area contributed by atoms with E-state index in [4.69, 9.17) is 4.74 Å². The van der Waals surface area contributed by atoms with Gasteiger partial charge in [0.05, 0.1) is 13.0 Å². The lowest BCUT2D eigenvalue weighted by atomic mass is 9.96. The summed E-state index contributed by atoms with van der Waals surface area (Å²) in [6, 6.07) is 10.4. The summed E-state index contributed by atoms with van der Waals surface area (Å²) in [7, 11) is 1.46. The number of rotatable bonds is 4. The largest absolute Gasteiger partial charge is 0.469 e.